The third-order valence-corrected chi connectivity index (χ3v) is 4.54. The SMILES string of the molecule is CC(Sc1nnnn1C(C)(C)C)C(=O)Nc1ccc2[nH]c(=O)[nH]c2c1. The molecule has 0 saturated heterocycles. The number of nitrogens with one attached hydrogen (secondary N) is 3. The summed E-state index contributed by atoms with van der Waals surface area (Å²) >= 11 is 1.29. The molecule has 0 fully saturated rings. The zero-order valence-electron chi connectivity index (χ0n) is 14.3. The van der Waals surface area contributed by atoms with Gasteiger partial charge in [-0.15, -0.1) is 5.10 Å². The fourth-order valence-corrected chi connectivity index (χ4v) is 3.22. The second-order valence-corrected chi connectivity index (χ2v) is 7.94. The van der Waals surface area contributed by atoms with Crippen molar-refractivity contribution < 1.29 is 4.79 Å². The molecule has 1 amide bonds. The van der Waals surface area contributed by atoms with Gasteiger partial charge in [0.2, 0.25) is 11.1 Å². The Balaban J connectivity index is 1.72. The summed E-state index contributed by atoms with van der Waals surface area (Å²) in [7, 11) is 0. The highest BCUT2D eigenvalue weighted by Crippen LogP contribution is 2.26. The minimum Gasteiger partial charge on any atom is -0.325 e. The lowest BCUT2D eigenvalue weighted by atomic mass is 10.1. The van der Waals surface area contributed by atoms with Gasteiger partial charge in [0.1, 0.15) is 0 Å². The third-order valence-electron chi connectivity index (χ3n) is 3.51. The number of carbonyl (C=O) groups is 1. The number of imidazole rings is 1. The minimum absolute atomic E-state index is 0.175. The number of tetrazole rings is 1. The van der Waals surface area contributed by atoms with Crippen LogP contribution in [0.3, 0.4) is 0 Å². The molecular weight excluding hydrogens is 342 g/mol. The Hall–Kier alpha value is -2.62. The number of anilines is 1. The highest BCUT2D eigenvalue weighted by atomic mass is 32.2. The summed E-state index contributed by atoms with van der Waals surface area (Å²) in [5.74, 6) is -0.175. The summed E-state index contributed by atoms with van der Waals surface area (Å²) in [5, 5.41) is 14.7. The molecule has 0 saturated carbocycles. The van der Waals surface area contributed by atoms with Crippen LogP contribution in [0.4, 0.5) is 5.69 Å². The normalized spacial score (nSPS) is 13.1. The molecule has 1 atom stereocenters. The summed E-state index contributed by atoms with van der Waals surface area (Å²) in [6, 6.07) is 5.18. The van der Waals surface area contributed by atoms with E-state index < -0.39 is 5.25 Å². The number of benzene rings is 1. The van der Waals surface area contributed by atoms with Crippen molar-refractivity contribution in [3.8, 4) is 0 Å². The maximum Gasteiger partial charge on any atom is 0.323 e. The Labute approximate surface area is 147 Å². The van der Waals surface area contributed by atoms with Crippen molar-refractivity contribution in [1.82, 2.24) is 30.2 Å². The van der Waals surface area contributed by atoms with Gasteiger partial charge in [-0.2, -0.15) is 0 Å². The van der Waals surface area contributed by atoms with E-state index in [1.54, 1.807) is 29.8 Å². The number of rotatable bonds is 4. The molecule has 2 heterocycles. The summed E-state index contributed by atoms with van der Waals surface area (Å²) in [4.78, 5) is 29.1. The van der Waals surface area contributed by atoms with Crippen molar-refractivity contribution in [2.24, 2.45) is 0 Å². The maximum atomic E-state index is 12.5. The Morgan fingerprint density at radius 3 is 2.72 bits per heavy atom. The molecule has 0 aliphatic heterocycles. The second-order valence-electron chi connectivity index (χ2n) is 6.63. The molecule has 132 valence electrons. The van der Waals surface area contributed by atoms with Gasteiger partial charge in [0.15, 0.2) is 0 Å². The molecule has 9 nitrogen and oxygen atoms in total. The first-order valence-corrected chi connectivity index (χ1v) is 8.60. The van der Waals surface area contributed by atoms with Gasteiger partial charge in [-0.3, -0.25) is 4.79 Å². The molecule has 1 unspecified atom stereocenters. The Morgan fingerprint density at radius 2 is 2.00 bits per heavy atom. The molecule has 10 heteroatoms. The second kappa shape index (κ2) is 6.36. The smallest absolute Gasteiger partial charge is 0.323 e. The first-order chi connectivity index (χ1) is 11.7. The van der Waals surface area contributed by atoms with Crippen molar-refractivity contribution in [2.75, 3.05) is 5.32 Å². The number of carbonyl (C=O) groups excluding carboxylic acids is 1. The third kappa shape index (κ3) is 3.73. The maximum absolute atomic E-state index is 12.5. The number of hydrogen-bond acceptors (Lipinski definition) is 6. The molecule has 0 aliphatic rings. The van der Waals surface area contributed by atoms with Crippen molar-refractivity contribution in [2.45, 2.75) is 43.6 Å². The van der Waals surface area contributed by atoms with Crippen LogP contribution in [-0.2, 0) is 10.3 Å². The first kappa shape index (κ1) is 17.2. The summed E-state index contributed by atoms with van der Waals surface area (Å²) < 4.78 is 1.69. The zero-order chi connectivity index (χ0) is 18.2. The summed E-state index contributed by atoms with van der Waals surface area (Å²) in [6.07, 6.45) is 0. The largest absolute Gasteiger partial charge is 0.325 e. The van der Waals surface area contributed by atoms with Crippen molar-refractivity contribution in [1.29, 1.82) is 0 Å². The topological polar surface area (TPSA) is 121 Å². The summed E-state index contributed by atoms with van der Waals surface area (Å²) in [5.41, 5.74) is 1.38. The van der Waals surface area contributed by atoms with E-state index in [9.17, 15) is 9.59 Å². The van der Waals surface area contributed by atoms with E-state index in [0.29, 0.717) is 21.9 Å². The monoisotopic (exact) mass is 361 g/mol. The average Bonchev–Trinajstić information content (AvgIpc) is 3.11. The van der Waals surface area contributed by atoms with Crippen molar-refractivity contribution >= 4 is 34.4 Å². The minimum atomic E-state index is -0.395. The van der Waals surface area contributed by atoms with Gasteiger partial charge in [-0.1, -0.05) is 11.8 Å². The molecule has 0 aliphatic carbocycles. The fourth-order valence-electron chi connectivity index (χ4n) is 2.24. The van der Waals surface area contributed by atoms with Crippen LogP contribution < -0.4 is 11.0 Å². The Kier molecular flexibility index (Phi) is 4.38. The van der Waals surface area contributed by atoms with Crippen LogP contribution in [0.25, 0.3) is 11.0 Å². The van der Waals surface area contributed by atoms with Gasteiger partial charge in [0, 0.05) is 5.69 Å². The van der Waals surface area contributed by atoms with E-state index in [0.717, 1.165) is 0 Å². The summed E-state index contributed by atoms with van der Waals surface area (Å²) in [6.45, 7) is 7.76. The Morgan fingerprint density at radius 1 is 1.28 bits per heavy atom. The highest BCUT2D eigenvalue weighted by molar-refractivity contribution is 8.00. The number of hydrogen-bond donors (Lipinski definition) is 3. The molecule has 3 N–H and O–H groups in total. The van der Waals surface area contributed by atoms with Gasteiger partial charge < -0.3 is 15.3 Å². The lowest BCUT2D eigenvalue weighted by Crippen LogP contribution is -2.27. The van der Waals surface area contributed by atoms with Gasteiger partial charge >= 0.3 is 5.69 Å². The van der Waals surface area contributed by atoms with Gasteiger partial charge in [0.05, 0.1) is 21.8 Å². The van der Waals surface area contributed by atoms with Gasteiger partial charge in [0.25, 0.3) is 0 Å². The molecule has 3 rings (SSSR count). The fraction of sp³-hybridized carbons (Fsp3) is 0.400. The predicted molar refractivity (Wildman–Crippen MR) is 95.7 cm³/mol. The Bertz CT molecular complexity index is 966. The van der Waals surface area contributed by atoms with Crippen LogP contribution >= 0.6 is 11.8 Å². The quantitative estimate of drug-likeness (QED) is 0.608. The van der Waals surface area contributed by atoms with Crippen LogP contribution in [0.15, 0.2) is 28.2 Å². The number of aromatic nitrogens is 6. The van der Waals surface area contributed by atoms with Gasteiger partial charge in [-0.05, 0) is 56.3 Å². The predicted octanol–water partition coefficient (Wildman–Crippen LogP) is 1.72. The van der Waals surface area contributed by atoms with Crippen molar-refractivity contribution in [3.05, 3.63) is 28.7 Å². The van der Waals surface area contributed by atoms with E-state index in [1.807, 2.05) is 20.8 Å². The molecule has 2 aromatic heterocycles. The van der Waals surface area contributed by atoms with E-state index >= 15 is 0 Å². The van der Waals surface area contributed by atoms with Crippen LogP contribution in [-0.4, -0.2) is 41.3 Å². The molecule has 3 aromatic rings. The molecule has 0 spiro atoms. The molecule has 0 radical (unpaired) electrons. The standard InChI is InChI=1S/C15H19N7O2S/c1-8(25-14-19-20-21-22(14)15(2,3)4)12(23)16-9-5-6-10-11(7-9)18-13(24)17-10/h5-8H,1-4H3,(H,16,23)(H2,17,18,24). The van der Waals surface area contributed by atoms with Crippen LogP contribution in [0.1, 0.15) is 27.7 Å². The van der Waals surface area contributed by atoms with Crippen LogP contribution in [0.2, 0.25) is 0 Å². The number of nitrogens with zero attached hydrogens (tertiary/aromatic N) is 4. The zero-order valence-corrected chi connectivity index (χ0v) is 15.1. The number of thioether (sulfide) groups is 1. The lowest BCUT2D eigenvalue weighted by molar-refractivity contribution is -0.115. The van der Waals surface area contributed by atoms with E-state index in [1.165, 1.54) is 11.8 Å². The van der Waals surface area contributed by atoms with Gasteiger partial charge in [-0.25, -0.2) is 9.48 Å². The first-order valence-electron chi connectivity index (χ1n) is 7.72. The molecule has 1 aromatic carbocycles. The van der Waals surface area contributed by atoms with Crippen molar-refractivity contribution in [3.63, 3.8) is 0 Å². The molecule has 25 heavy (non-hydrogen) atoms. The number of fused-ring (bicyclic) bond motifs is 1. The van der Waals surface area contributed by atoms with E-state index in [-0.39, 0.29) is 17.1 Å². The van der Waals surface area contributed by atoms with Crippen LogP contribution in [0.5, 0.6) is 0 Å². The van der Waals surface area contributed by atoms with E-state index in [2.05, 4.69) is 30.8 Å². The lowest BCUT2D eigenvalue weighted by Gasteiger charge is -2.20. The average molecular weight is 361 g/mol. The molecule has 0 bridgehead atoms. The van der Waals surface area contributed by atoms with Crippen LogP contribution in [0, 0.1) is 0 Å². The number of aromatic amines is 2. The number of H-pyrrole nitrogens is 2. The highest BCUT2D eigenvalue weighted by Gasteiger charge is 2.24. The van der Waals surface area contributed by atoms with E-state index in [4.69, 9.17) is 0 Å². The molecular formula is C15H19N7O2S. The number of amides is 1.